The van der Waals surface area contributed by atoms with Crippen molar-refractivity contribution in [1.82, 2.24) is 19.8 Å². The number of thioether (sulfide) groups is 1. The van der Waals surface area contributed by atoms with Gasteiger partial charge >= 0.3 is 12.1 Å². The van der Waals surface area contributed by atoms with Gasteiger partial charge in [-0.2, -0.15) is 13.2 Å². The Bertz CT molecular complexity index is 1400. The normalized spacial score (nSPS) is 14.9. The van der Waals surface area contributed by atoms with Gasteiger partial charge in [-0.15, -0.1) is 0 Å². The van der Waals surface area contributed by atoms with Crippen molar-refractivity contribution >= 4 is 23.6 Å². The Labute approximate surface area is 239 Å². The largest absolute Gasteiger partial charge is 0.490 e. The number of para-hydroxylation sites is 1. The molecule has 0 saturated heterocycles. The number of hydrogen-bond donors (Lipinski definition) is 2. The lowest BCUT2D eigenvalue weighted by atomic mass is 10.0. The third kappa shape index (κ3) is 8.20. The van der Waals surface area contributed by atoms with Crippen LogP contribution < -0.4 is 10.9 Å². The van der Waals surface area contributed by atoms with E-state index in [0.29, 0.717) is 43.3 Å². The van der Waals surface area contributed by atoms with Gasteiger partial charge in [0.25, 0.3) is 5.56 Å². The summed E-state index contributed by atoms with van der Waals surface area (Å²) in [5.74, 6) is -2.68. The summed E-state index contributed by atoms with van der Waals surface area (Å²) in [4.78, 5) is 42.2. The number of carbonyl (C=O) groups is 2. The van der Waals surface area contributed by atoms with Crippen LogP contribution in [0.15, 0.2) is 70.6 Å². The fourth-order valence-corrected chi connectivity index (χ4v) is 5.69. The fraction of sp³-hybridized carbons (Fsp3) is 0.379. The average molecular weight is 589 g/mol. The number of alkyl halides is 3. The van der Waals surface area contributed by atoms with Crippen molar-refractivity contribution in [2.24, 2.45) is 0 Å². The lowest BCUT2D eigenvalue weighted by Gasteiger charge is -2.30. The Morgan fingerprint density at radius 2 is 1.68 bits per heavy atom. The highest BCUT2D eigenvalue weighted by atomic mass is 32.2. The number of carbonyl (C=O) groups excluding carboxylic acids is 1. The molecule has 41 heavy (non-hydrogen) atoms. The number of carboxylic acid groups (broad SMARTS) is 1. The Balaban J connectivity index is 0.000000493. The van der Waals surface area contributed by atoms with E-state index in [0.717, 1.165) is 23.1 Å². The molecule has 0 radical (unpaired) electrons. The number of carboxylic acids is 1. The van der Waals surface area contributed by atoms with E-state index in [1.54, 1.807) is 16.3 Å². The van der Waals surface area contributed by atoms with Crippen LogP contribution in [-0.4, -0.2) is 55.9 Å². The zero-order chi connectivity index (χ0) is 29.4. The fourth-order valence-electron chi connectivity index (χ4n) is 4.37. The summed E-state index contributed by atoms with van der Waals surface area (Å²) in [5, 5.41) is 11.8. The van der Waals surface area contributed by atoms with Crippen LogP contribution in [-0.2, 0) is 29.1 Å². The maximum Gasteiger partial charge on any atom is 0.490 e. The van der Waals surface area contributed by atoms with Gasteiger partial charge in [0.15, 0.2) is 5.16 Å². The monoisotopic (exact) mass is 588 g/mol. The highest BCUT2D eigenvalue weighted by Crippen LogP contribution is 2.36. The highest BCUT2D eigenvalue weighted by molar-refractivity contribution is 7.99. The molecule has 5 rings (SSSR count). The molecule has 1 aliphatic heterocycles. The molecule has 0 spiro atoms. The number of fused-ring (bicyclic) bond motifs is 1. The molecule has 1 fully saturated rings. The van der Waals surface area contributed by atoms with Crippen molar-refractivity contribution in [1.29, 1.82) is 0 Å². The molecule has 0 bridgehead atoms. The summed E-state index contributed by atoms with van der Waals surface area (Å²) in [7, 11) is 0. The predicted octanol–water partition coefficient (Wildman–Crippen LogP) is 4.58. The molecular weight excluding hydrogens is 557 g/mol. The van der Waals surface area contributed by atoms with Crippen LogP contribution in [0.2, 0.25) is 0 Å². The average Bonchev–Trinajstić information content (AvgIpc) is 2.94. The Morgan fingerprint density at radius 3 is 2.27 bits per heavy atom. The van der Waals surface area contributed by atoms with Gasteiger partial charge < -0.3 is 15.3 Å². The van der Waals surface area contributed by atoms with Crippen LogP contribution in [0.5, 0.6) is 0 Å². The number of hydrogen-bond acceptors (Lipinski definition) is 6. The first-order chi connectivity index (χ1) is 19.6. The minimum Gasteiger partial charge on any atom is -0.475 e. The Hall–Kier alpha value is -3.64. The SMILES string of the molecule is O=C(CCNCc1ccccc1)N1CCc2nc(SC3CCC3)n(-c3ccccc3)c(=O)c2C1.O=C(O)C(F)(F)F. The van der Waals surface area contributed by atoms with Crippen LogP contribution in [0.1, 0.15) is 42.5 Å². The number of aromatic nitrogens is 2. The van der Waals surface area contributed by atoms with Crippen LogP contribution in [0.25, 0.3) is 5.69 Å². The van der Waals surface area contributed by atoms with Crippen molar-refractivity contribution in [2.75, 3.05) is 13.1 Å². The number of nitrogens with zero attached hydrogens (tertiary/aromatic N) is 3. The van der Waals surface area contributed by atoms with E-state index in [1.807, 2.05) is 53.4 Å². The van der Waals surface area contributed by atoms with Crippen LogP contribution >= 0.6 is 11.8 Å². The van der Waals surface area contributed by atoms with Crippen LogP contribution in [0.3, 0.4) is 0 Å². The highest BCUT2D eigenvalue weighted by Gasteiger charge is 2.38. The van der Waals surface area contributed by atoms with E-state index in [4.69, 9.17) is 14.9 Å². The summed E-state index contributed by atoms with van der Waals surface area (Å²) in [6.45, 7) is 2.30. The van der Waals surface area contributed by atoms with Gasteiger partial charge in [-0.1, -0.05) is 66.7 Å². The van der Waals surface area contributed by atoms with E-state index in [-0.39, 0.29) is 11.5 Å². The van der Waals surface area contributed by atoms with Crippen LogP contribution in [0.4, 0.5) is 13.2 Å². The van der Waals surface area contributed by atoms with E-state index >= 15 is 0 Å². The molecule has 2 N–H and O–H groups in total. The number of rotatable bonds is 8. The number of benzene rings is 2. The summed E-state index contributed by atoms with van der Waals surface area (Å²) in [6, 6.07) is 19.9. The second-order valence-electron chi connectivity index (χ2n) is 9.75. The molecule has 0 atom stereocenters. The molecule has 8 nitrogen and oxygen atoms in total. The third-order valence-electron chi connectivity index (χ3n) is 6.82. The van der Waals surface area contributed by atoms with Gasteiger partial charge in [-0.3, -0.25) is 14.2 Å². The molecule has 1 amide bonds. The molecule has 218 valence electrons. The van der Waals surface area contributed by atoms with Crippen LogP contribution in [0, 0.1) is 0 Å². The third-order valence-corrected chi connectivity index (χ3v) is 8.11. The predicted molar refractivity (Wildman–Crippen MR) is 149 cm³/mol. The van der Waals surface area contributed by atoms with E-state index in [2.05, 4.69) is 17.4 Å². The van der Waals surface area contributed by atoms with E-state index in [9.17, 15) is 22.8 Å². The molecule has 1 saturated carbocycles. The quantitative estimate of drug-likeness (QED) is 0.293. The standard InChI is InChI=1S/C27H30N4O2S.C2HF3O2/c32-25(14-16-28-18-20-8-3-1-4-9-20)30-17-15-24-23(19-30)26(33)31(21-10-5-2-6-11-21)27(29-24)34-22-12-7-13-22;3-2(4,5)1(6)7/h1-6,8-11,22,28H,7,12-19H2;(H,6,7). The number of halogens is 3. The van der Waals surface area contributed by atoms with Gasteiger partial charge in [-0.25, -0.2) is 9.78 Å². The minimum atomic E-state index is -5.08. The molecule has 12 heteroatoms. The Kier molecular flexibility index (Phi) is 10.2. The second kappa shape index (κ2) is 13.8. The smallest absolute Gasteiger partial charge is 0.475 e. The maximum absolute atomic E-state index is 13.7. The van der Waals surface area contributed by atoms with Crippen molar-refractivity contribution in [3.05, 3.63) is 87.8 Å². The molecule has 2 aromatic carbocycles. The first kappa shape index (κ1) is 30.3. The molecule has 1 aromatic heterocycles. The van der Waals surface area contributed by atoms with Gasteiger partial charge in [-0.05, 0) is 30.5 Å². The zero-order valence-electron chi connectivity index (χ0n) is 22.3. The Morgan fingerprint density at radius 1 is 1.05 bits per heavy atom. The number of aliphatic carboxylic acids is 1. The van der Waals surface area contributed by atoms with Gasteiger partial charge in [0, 0.05) is 37.7 Å². The van der Waals surface area contributed by atoms with E-state index in [1.165, 1.54) is 24.8 Å². The van der Waals surface area contributed by atoms with E-state index < -0.39 is 12.1 Å². The summed E-state index contributed by atoms with van der Waals surface area (Å²) in [5.41, 5.74) is 3.49. The van der Waals surface area contributed by atoms with Gasteiger partial charge in [0.05, 0.1) is 23.5 Å². The zero-order valence-corrected chi connectivity index (χ0v) is 23.1. The molecule has 0 unspecified atom stereocenters. The van der Waals surface area contributed by atoms with Crippen molar-refractivity contribution in [3.63, 3.8) is 0 Å². The second-order valence-corrected chi connectivity index (χ2v) is 11.0. The maximum atomic E-state index is 13.7. The van der Waals surface area contributed by atoms with Crippen molar-refractivity contribution in [3.8, 4) is 5.69 Å². The number of amides is 1. The summed E-state index contributed by atoms with van der Waals surface area (Å²) in [6.07, 6.45) is -0.449. The van der Waals surface area contributed by atoms with Crippen molar-refractivity contribution in [2.45, 2.75) is 61.8 Å². The van der Waals surface area contributed by atoms with Gasteiger partial charge in [0.1, 0.15) is 0 Å². The molecule has 3 aromatic rings. The van der Waals surface area contributed by atoms with Crippen molar-refractivity contribution < 1.29 is 27.9 Å². The number of nitrogens with one attached hydrogen (secondary N) is 1. The summed E-state index contributed by atoms with van der Waals surface area (Å²) >= 11 is 1.72. The first-order valence-corrected chi connectivity index (χ1v) is 14.2. The molecule has 2 heterocycles. The lowest BCUT2D eigenvalue weighted by molar-refractivity contribution is -0.192. The molecule has 2 aliphatic rings. The molecular formula is C29H31F3N4O4S. The van der Waals surface area contributed by atoms with Gasteiger partial charge in [0.2, 0.25) is 5.91 Å². The lowest BCUT2D eigenvalue weighted by Crippen LogP contribution is -2.42. The molecule has 1 aliphatic carbocycles. The summed E-state index contributed by atoms with van der Waals surface area (Å²) < 4.78 is 33.5. The first-order valence-electron chi connectivity index (χ1n) is 13.3. The minimum absolute atomic E-state index is 0.0438. The topological polar surface area (TPSA) is 105 Å².